The Morgan fingerprint density at radius 1 is 0.600 bits per heavy atom. The van der Waals surface area contributed by atoms with Crippen LogP contribution in [0.1, 0.15) is 0 Å². The van der Waals surface area contributed by atoms with Crippen LogP contribution < -0.4 is 0 Å². The molecule has 5 heavy (non-hydrogen) atoms. The zero-order valence-corrected chi connectivity index (χ0v) is 14.5. The Kier molecular flexibility index (Phi) is 237. The molecule has 0 amide bonds. The minimum absolute atomic E-state index is 0. The molecular weight excluding hydrogens is 368 g/mol. The topological polar surface area (TPSA) is 0 Å². The van der Waals surface area contributed by atoms with E-state index in [4.69, 9.17) is 0 Å². The van der Waals surface area contributed by atoms with Gasteiger partial charge < -0.3 is 27.0 Å². The van der Waals surface area contributed by atoms with E-state index < -0.39 is 0 Å². The zero-order valence-electron chi connectivity index (χ0n) is 2.73. The Bertz CT molecular complexity index is 7.61. The van der Waals surface area contributed by atoms with E-state index in [-0.39, 0.29) is 98.7 Å². The summed E-state index contributed by atoms with van der Waals surface area (Å²) in [5.74, 6) is 0. The summed E-state index contributed by atoms with van der Waals surface area (Å²) in [4.78, 5) is 0. The molecule has 0 aliphatic heterocycles. The second-order valence-electron chi connectivity index (χ2n) is 0. The van der Waals surface area contributed by atoms with E-state index in [9.17, 15) is 0 Å². The number of hydrogen-bond donors (Lipinski definition) is 0. The molecule has 0 rings (SSSR count). The normalized spacial score (nSPS) is 0. The molecule has 0 aromatic heterocycles. The molecule has 0 radical (unpaired) electrons. The van der Waals surface area contributed by atoms with Crippen molar-refractivity contribution in [2.75, 3.05) is 0 Å². The van der Waals surface area contributed by atoms with Crippen molar-refractivity contribution in [3.8, 4) is 0 Å². The van der Waals surface area contributed by atoms with E-state index in [0.29, 0.717) is 0 Å². The Balaban J connectivity index is 0. The van der Waals surface area contributed by atoms with Gasteiger partial charge in [0.25, 0.3) is 0 Å². The Morgan fingerprint density at radius 2 is 0.600 bits per heavy atom. The van der Waals surface area contributed by atoms with Crippen LogP contribution in [0.2, 0.25) is 0 Å². The van der Waals surface area contributed by atoms with Gasteiger partial charge in [-0.05, 0) is 0 Å². The summed E-state index contributed by atoms with van der Waals surface area (Å²) >= 11 is 0. The summed E-state index contributed by atoms with van der Waals surface area (Å²) in [6.07, 6.45) is 0. The SMILES string of the molecule is [Cd+2].[Cd+2].[S-2].[S-2].[SeH2]. The Morgan fingerprint density at radius 3 is 0.600 bits per heavy atom. The molecule has 5 heteroatoms. The Labute approximate surface area is 96.9 Å². The van der Waals surface area contributed by atoms with Crippen LogP contribution in [0.25, 0.3) is 0 Å². The fraction of sp³-hybridized carbons (Fsp3) is 0. The summed E-state index contributed by atoms with van der Waals surface area (Å²) in [7, 11) is 0. The van der Waals surface area contributed by atoms with E-state index in [0.717, 1.165) is 0 Å². The van der Waals surface area contributed by atoms with E-state index in [1.165, 1.54) is 0 Å². The number of hydrogen-bond acceptors (Lipinski definition) is 0. The quantitative estimate of drug-likeness (QED) is 0.484. The van der Waals surface area contributed by atoms with Crippen molar-refractivity contribution >= 4 is 44.1 Å². The van der Waals surface area contributed by atoms with Crippen molar-refractivity contribution in [3.05, 3.63) is 0 Å². The van der Waals surface area contributed by atoms with E-state index in [1.807, 2.05) is 0 Å². The van der Waals surface area contributed by atoms with Crippen LogP contribution in [0.4, 0.5) is 0 Å². The molecule has 0 saturated heterocycles. The fourth-order valence-electron chi connectivity index (χ4n) is 0. The van der Waals surface area contributed by atoms with Gasteiger partial charge in [0.05, 0.1) is 0 Å². The minimum atomic E-state index is 0. The molecule has 0 saturated carbocycles. The predicted molar refractivity (Wildman–Crippen MR) is 23.3 cm³/mol. The summed E-state index contributed by atoms with van der Waals surface area (Å²) in [6, 6.07) is 0. The summed E-state index contributed by atoms with van der Waals surface area (Å²) in [5.41, 5.74) is 0. The molecule has 0 bridgehead atoms. The first-order valence-corrected chi connectivity index (χ1v) is 0. The Hall–Kier alpha value is 3.06. The van der Waals surface area contributed by atoms with Gasteiger partial charge in [0.15, 0.2) is 0 Å². The molecular formula is H2Cd2S2Se. The first kappa shape index (κ1) is 42.9. The summed E-state index contributed by atoms with van der Waals surface area (Å²) in [6.45, 7) is 0. The van der Waals surface area contributed by atoms with Crippen LogP contribution in [0.3, 0.4) is 0 Å². The molecule has 24 valence electrons. The van der Waals surface area contributed by atoms with Crippen molar-refractivity contribution in [2.45, 2.75) is 0 Å². The fourth-order valence-corrected chi connectivity index (χ4v) is 0. The van der Waals surface area contributed by atoms with E-state index in [2.05, 4.69) is 0 Å². The van der Waals surface area contributed by atoms with Crippen molar-refractivity contribution in [3.63, 3.8) is 0 Å². The molecule has 0 spiro atoms. The molecule has 0 atom stereocenters. The molecule has 0 aromatic rings. The molecule has 0 aromatic carbocycles. The summed E-state index contributed by atoms with van der Waals surface area (Å²) in [5, 5.41) is 0. The van der Waals surface area contributed by atoms with Gasteiger partial charge in [0, 0.05) is 0 Å². The third kappa shape index (κ3) is 19.3. The van der Waals surface area contributed by atoms with Crippen LogP contribution >= 0.6 is 0 Å². The monoisotopic (exact) mass is 374 g/mol. The van der Waals surface area contributed by atoms with Crippen molar-refractivity contribution in [1.29, 1.82) is 0 Å². The average Bonchev–Trinajstić information content (AvgIpc) is 0. The second-order valence-corrected chi connectivity index (χ2v) is 0. The van der Waals surface area contributed by atoms with Gasteiger partial charge in [-0.3, -0.25) is 0 Å². The first-order valence-electron chi connectivity index (χ1n) is 0. The van der Waals surface area contributed by atoms with Gasteiger partial charge in [-0.15, -0.1) is 0 Å². The van der Waals surface area contributed by atoms with Crippen LogP contribution in [0, 0.1) is 0 Å². The molecule has 0 aliphatic carbocycles. The standard InChI is InChI=1S/2Cd.2S.H2Se/h;;;;1H2/q2*+2;2*-2;. The third-order valence-electron chi connectivity index (χ3n) is 0. The van der Waals surface area contributed by atoms with E-state index >= 15 is 0 Å². The molecule has 0 unspecified atom stereocenters. The first-order chi connectivity index (χ1) is 0. The van der Waals surface area contributed by atoms with Gasteiger partial charge in [-0.25, -0.2) is 0 Å². The third-order valence-corrected chi connectivity index (χ3v) is 0. The van der Waals surface area contributed by atoms with Crippen LogP contribution in [-0.2, 0) is 81.6 Å². The maximum absolute atomic E-state index is 0. The van der Waals surface area contributed by atoms with Crippen molar-refractivity contribution in [2.24, 2.45) is 0 Å². The van der Waals surface area contributed by atoms with Gasteiger partial charge in [-0.1, -0.05) is 0 Å². The van der Waals surface area contributed by atoms with Gasteiger partial charge in [0.2, 0.25) is 0 Å². The predicted octanol–water partition coefficient (Wildman–Crippen LogP) is -0.926. The summed E-state index contributed by atoms with van der Waals surface area (Å²) < 4.78 is 0. The average molecular weight is 370 g/mol. The zero-order chi connectivity index (χ0) is 0. The number of rotatable bonds is 0. The molecule has 0 nitrogen and oxygen atoms in total. The van der Waals surface area contributed by atoms with Gasteiger partial charge in [-0.2, -0.15) is 0 Å². The molecule has 0 heterocycles. The van der Waals surface area contributed by atoms with Crippen LogP contribution in [0.5, 0.6) is 0 Å². The van der Waals surface area contributed by atoms with E-state index in [1.54, 1.807) is 0 Å². The molecule has 0 aliphatic rings. The van der Waals surface area contributed by atoms with Crippen molar-refractivity contribution < 1.29 is 54.6 Å². The maximum atomic E-state index is 0. The van der Waals surface area contributed by atoms with Gasteiger partial charge >= 0.3 is 71.7 Å². The second kappa shape index (κ2) is 27.7. The van der Waals surface area contributed by atoms with Gasteiger partial charge in [0.1, 0.15) is 0 Å². The molecule has 0 fully saturated rings. The molecule has 0 N–H and O–H groups in total. The van der Waals surface area contributed by atoms with Crippen LogP contribution in [0.15, 0.2) is 0 Å². The van der Waals surface area contributed by atoms with Crippen LogP contribution in [-0.4, -0.2) is 17.1 Å². The van der Waals surface area contributed by atoms with Crippen molar-refractivity contribution in [1.82, 2.24) is 0 Å².